The summed E-state index contributed by atoms with van der Waals surface area (Å²) >= 11 is 12.1. The maximum atomic E-state index is 12.3. The van der Waals surface area contributed by atoms with Crippen LogP contribution in [0.25, 0.3) is 0 Å². The number of rotatable bonds is 6. The van der Waals surface area contributed by atoms with Crippen LogP contribution in [0.15, 0.2) is 24.3 Å². The standard InChI is InChI=1S/C17H21Cl2NO4/c1-10(14(21)23-4)20-15(22)16(2,3)24-12-7-5-11(6-8-12)13-9-17(13,18)19/h5-8,10,13H,9H2,1-4H3,(H,20,22)/t10-,13-/m0/s1. The zero-order chi connectivity index (χ0) is 18.1. The number of carbonyl (C=O) groups is 2. The molecule has 1 saturated carbocycles. The number of halogens is 2. The highest BCUT2D eigenvalue weighted by atomic mass is 35.5. The summed E-state index contributed by atoms with van der Waals surface area (Å²) in [4.78, 5) is 23.7. The first-order valence-corrected chi connectivity index (χ1v) is 8.38. The lowest BCUT2D eigenvalue weighted by Gasteiger charge is -2.26. The van der Waals surface area contributed by atoms with Crippen molar-refractivity contribution in [3.63, 3.8) is 0 Å². The zero-order valence-electron chi connectivity index (χ0n) is 14.1. The molecule has 0 unspecified atom stereocenters. The SMILES string of the molecule is COC(=O)[C@H](C)NC(=O)C(C)(C)Oc1ccc([C@@H]2CC2(Cl)Cl)cc1. The lowest BCUT2D eigenvalue weighted by molar-refractivity contribution is -0.146. The summed E-state index contributed by atoms with van der Waals surface area (Å²) in [6, 6.07) is 6.57. The van der Waals surface area contributed by atoms with Crippen molar-refractivity contribution in [2.24, 2.45) is 0 Å². The van der Waals surface area contributed by atoms with E-state index in [4.69, 9.17) is 27.9 Å². The van der Waals surface area contributed by atoms with E-state index in [-0.39, 0.29) is 5.92 Å². The Morgan fingerprint density at radius 3 is 2.29 bits per heavy atom. The van der Waals surface area contributed by atoms with Gasteiger partial charge in [-0.3, -0.25) is 4.79 Å². The Bertz CT molecular complexity index is 628. The highest BCUT2D eigenvalue weighted by Crippen LogP contribution is 2.59. The molecule has 1 aromatic carbocycles. The third kappa shape index (κ3) is 4.33. The van der Waals surface area contributed by atoms with E-state index in [1.54, 1.807) is 32.9 Å². The predicted octanol–water partition coefficient (Wildman–Crippen LogP) is 3.18. The van der Waals surface area contributed by atoms with E-state index in [1.807, 2.05) is 12.1 Å². The average Bonchev–Trinajstić information content (AvgIpc) is 3.15. The first-order valence-electron chi connectivity index (χ1n) is 7.62. The van der Waals surface area contributed by atoms with Crippen molar-refractivity contribution in [3.05, 3.63) is 29.8 Å². The number of alkyl halides is 2. The third-order valence-corrected chi connectivity index (χ3v) is 4.77. The topological polar surface area (TPSA) is 64.6 Å². The minimum atomic E-state index is -1.15. The minimum absolute atomic E-state index is 0.132. The number of amides is 1. The number of ether oxygens (including phenoxy) is 2. The van der Waals surface area contributed by atoms with E-state index >= 15 is 0 Å². The Hall–Kier alpha value is -1.46. The Balaban J connectivity index is 1.98. The molecule has 0 aliphatic heterocycles. The quantitative estimate of drug-likeness (QED) is 0.614. The summed E-state index contributed by atoms with van der Waals surface area (Å²) in [5, 5.41) is 2.57. The number of methoxy groups -OCH3 is 1. The van der Waals surface area contributed by atoms with Crippen LogP contribution in [0.4, 0.5) is 0 Å². The van der Waals surface area contributed by atoms with Crippen LogP contribution in [0.1, 0.15) is 38.7 Å². The molecule has 7 heteroatoms. The van der Waals surface area contributed by atoms with Crippen LogP contribution >= 0.6 is 23.2 Å². The van der Waals surface area contributed by atoms with Crippen LogP contribution in [0.5, 0.6) is 5.75 Å². The van der Waals surface area contributed by atoms with Gasteiger partial charge in [-0.2, -0.15) is 0 Å². The minimum Gasteiger partial charge on any atom is -0.478 e. The van der Waals surface area contributed by atoms with Crippen LogP contribution in [0, 0.1) is 0 Å². The fourth-order valence-corrected chi connectivity index (χ4v) is 2.85. The summed E-state index contributed by atoms with van der Waals surface area (Å²) in [6.07, 6.45) is 0.732. The number of carbonyl (C=O) groups excluding carboxylic acids is 2. The van der Waals surface area contributed by atoms with Gasteiger partial charge >= 0.3 is 5.97 Å². The molecule has 0 bridgehead atoms. The summed E-state index contributed by atoms with van der Waals surface area (Å²) in [5.74, 6) is -0.252. The summed E-state index contributed by atoms with van der Waals surface area (Å²) in [7, 11) is 1.27. The first kappa shape index (κ1) is 18.9. The Kier molecular flexibility index (Phi) is 5.35. The molecule has 1 aliphatic carbocycles. The molecule has 0 aromatic heterocycles. The van der Waals surface area contributed by atoms with Crippen LogP contribution in [-0.2, 0) is 14.3 Å². The maximum absolute atomic E-state index is 12.3. The highest BCUT2D eigenvalue weighted by Gasteiger charge is 2.52. The number of hydrogen-bond acceptors (Lipinski definition) is 4. The lowest BCUT2D eigenvalue weighted by atomic mass is 10.1. The van der Waals surface area contributed by atoms with Crippen molar-refractivity contribution in [2.75, 3.05) is 7.11 Å². The van der Waals surface area contributed by atoms with E-state index in [0.29, 0.717) is 5.75 Å². The lowest BCUT2D eigenvalue weighted by Crippen LogP contribution is -2.51. The molecular formula is C17H21Cl2NO4. The van der Waals surface area contributed by atoms with E-state index in [0.717, 1.165) is 12.0 Å². The number of hydrogen-bond donors (Lipinski definition) is 1. The molecule has 2 rings (SSSR count). The molecule has 0 spiro atoms. The molecule has 1 N–H and O–H groups in total. The van der Waals surface area contributed by atoms with Crippen molar-refractivity contribution in [3.8, 4) is 5.75 Å². The van der Waals surface area contributed by atoms with E-state index < -0.39 is 27.9 Å². The molecule has 0 radical (unpaired) electrons. The summed E-state index contributed by atoms with van der Waals surface area (Å²) in [6.45, 7) is 4.81. The van der Waals surface area contributed by atoms with Crippen LogP contribution in [0.3, 0.4) is 0 Å². The van der Waals surface area contributed by atoms with Gasteiger partial charge < -0.3 is 14.8 Å². The van der Waals surface area contributed by atoms with Gasteiger partial charge in [0.15, 0.2) is 5.60 Å². The predicted molar refractivity (Wildman–Crippen MR) is 92.6 cm³/mol. The van der Waals surface area contributed by atoms with Gasteiger partial charge in [-0.15, -0.1) is 23.2 Å². The van der Waals surface area contributed by atoms with E-state index in [2.05, 4.69) is 10.1 Å². The van der Waals surface area contributed by atoms with Gasteiger partial charge in [0.05, 0.1) is 7.11 Å². The van der Waals surface area contributed by atoms with Gasteiger partial charge in [-0.25, -0.2) is 4.79 Å². The molecule has 0 heterocycles. The molecular weight excluding hydrogens is 353 g/mol. The highest BCUT2D eigenvalue weighted by molar-refractivity contribution is 6.51. The van der Waals surface area contributed by atoms with E-state index in [1.165, 1.54) is 7.11 Å². The van der Waals surface area contributed by atoms with Gasteiger partial charge in [-0.1, -0.05) is 12.1 Å². The molecule has 1 aliphatic rings. The van der Waals surface area contributed by atoms with Gasteiger partial charge in [-0.05, 0) is 44.9 Å². The fraction of sp³-hybridized carbons (Fsp3) is 0.529. The molecule has 1 amide bonds. The number of nitrogens with one attached hydrogen (secondary N) is 1. The molecule has 2 atom stereocenters. The van der Waals surface area contributed by atoms with Crippen LogP contribution in [-0.4, -0.2) is 35.0 Å². The molecule has 24 heavy (non-hydrogen) atoms. The summed E-state index contributed by atoms with van der Waals surface area (Å²) in [5.41, 5.74) is -0.111. The van der Waals surface area contributed by atoms with E-state index in [9.17, 15) is 9.59 Å². The third-order valence-electron chi connectivity index (χ3n) is 3.93. The van der Waals surface area contributed by atoms with Crippen molar-refractivity contribution in [2.45, 2.75) is 49.1 Å². The van der Waals surface area contributed by atoms with Crippen molar-refractivity contribution in [1.29, 1.82) is 0 Å². The van der Waals surface area contributed by atoms with Gasteiger partial charge in [0, 0.05) is 5.92 Å². The molecule has 5 nitrogen and oxygen atoms in total. The van der Waals surface area contributed by atoms with Gasteiger partial charge in [0.25, 0.3) is 5.91 Å². The van der Waals surface area contributed by atoms with Gasteiger partial charge in [0.2, 0.25) is 0 Å². The Morgan fingerprint density at radius 1 is 1.29 bits per heavy atom. The van der Waals surface area contributed by atoms with Crippen molar-refractivity contribution < 1.29 is 19.1 Å². The van der Waals surface area contributed by atoms with Crippen molar-refractivity contribution >= 4 is 35.1 Å². The second kappa shape index (κ2) is 6.81. The molecule has 1 aromatic rings. The number of benzene rings is 1. The molecule has 1 fully saturated rings. The Labute approximate surface area is 151 Å². The summed E-state index contributed by atoms with van der Waals surface area (Å²) < 4.78 is 9.67. The molecule has 132 valence electrons. The van der Waals surface area contributed by atoms with Crippen LogP contribution in [0.2, 0.25) is 0 Å². The largest absolute Gasteiger partial charge is 0.478 e. The second-order valence-corrected chi connectivity index (χ2v) is 7.96. The first-order chi connectivity index (χ1) is 11.1. The zero-order valence-corrected chi connectivity index (χ0v) is 15.6. The smallest absolute Gasteiger partial charge is 0.328 e. The van der Waals surface area contributed by atoms with Gasteiger partial charge in [0.1, 0.15) is 16.1 Å². The number of esters is 1. The monoisotopic (exact) mass is 373 g/mol. The van der Waals surface area contributed by atoms with Crippen molar-refractivity contribution in [1.82, 2.24) is 5.32 Å². The fourth-order valence-electron chi connectivity index (χ4n) is 2.29. The average molecular weight is 374 g/mol. The maximum Gasteiger partial charge on any atom is 0.328 e. The van der Waals surface area contributed by atoms with Crippen LogP contribution < -0.4 is 10.1 Å². The molecule has 0 saturated heterocycles. The second-order valence-electron chi connectivity index (χ2n) is 6.42. The Morgan fingerprint density at radius 2 is 1.83 bits per heavy atom. The normalized spacial score (nSPS) is 20.0.